The lowest BCUT2D eigenvalue weighted by Crippen LogP contribution is -2.62. The van der Waals surface area contributed by atoms with E-state index in [9.17, 15) is 14.4 Å². The number of ether oxygens (including phenoxy) is 2. The van der Waals surface area contributed by atoms with Crippen molar-refractivity contribution in [3.8, 4) is 11.5 Å². The molecule has 2 amide bonds. The standard InChI is InChI=1S/C30H27N3O5/c1-37-23-14-13-17(16-24(23)38-2)26(34)25-22-12-7-15-33(22)30(19-9-4-6-11-21(19)32-28(30)36)29(25)18-8-3-5-10-20(18)31-27(29)35/h3-6,8-11,13-14,16,22,25H,7,12,15H2,1-2H3,(H,31,35)(H,32,36)/t22-,25-,29+,30-/m1/s1. The number of ketones is 1. The van der Waals surface area contributed by atoms with Crippen molar-refractivity contribution in [3.63, 3.8) is 0 Å². The Morgan fingerprint density at radius 2 is 1.53 bits per heavy atom. The Balaban J connectivity index is 1.54. The maximum absolute atomic E-state index is 14.7. The van der Waals surface area contributed by atoms with Crippen molar-refractivity contribution in [1.82, 2.24) is 4.90 Å². The fourth-order valence-corrected chi connectivity index (χ4v) is 7.70. The summed E-state index contributed by atoms with van der Waals surface area (Å²) in [6.07, 6.45) is 1.54. The van der Waals surface area contributed by atoms with Crippen LogP contribution in [0, 0.1) is 5.92 Å². The van der Waals surface area contributed by atoms with Gasteiger partial charge in [0.2, 0.25) is 5.91 Å². The monoisotopic (exact) mass is 509 g/mol. The van der Waals surface area contributed by atoms with Crippen LogP contribution in [0.25, 0.3) is 0 Å². The molecule has 0 bridgehead atoms. The molecule has 192 valence electrons. The second-order valence-electron chi connectivity index (χ2n) is 10.3. The summed E-state index contributed by atoms with van der Waals surface area (Å²) in [4.78, 5) is 45.6. The topological polar surface area (TPSA) is 97.0 Å². The van der Waals surface area contributed by atoms with E-state index in [1.807, 2.05) is 48.5 Å². The highest BCUT2D eigenvalue weighted by molar-refractivity contribution is 6.21. The van der Waals surface area contributed by atoms with Gasteiger partial charge in [0.1, 0.15) is 11.0 Å². The van der Waals surface area contributed by atoms with Crippen LogP contribution in [0.2, 0.25) is 0 Å². The van der Waals surface area contributed by atoms with Gasteiger partial charge in [-0.05, 0) is 55.3 Å². The molecule has 2 saturated heterocycles. The first-order valence-corrected chi connectivity index (χ1v) is 12.8. The van der Waals surface area contributed by atoms with Gasteiger partial charge in [-0.1, -0.05) is 36.4 Å². The summed E-state index contributed by atoms with van der Waals surface area (Å²) in [5.74, 6) is -0.632. The maximum Gasteiger partial charge on any atom is 0.251 e. The predicted molar refractivity (Wildman–Crippen MR) is 141 cm³/mol. The third-order valence-corrected chi connectivity index (χ3v) is 8.95. The van der Waals surface area contributed by atoms with E-state index in [0.717, 1.165) is 12.0 Å². The van der Waals surface area contributed by atoms with Crippen LogP contribution in [0.15, 0.2) is 66.7 Å². The Hall–Kier alpha value is -4.17. The minimum Gasteiger partial charge on any atom is -0.493 e. The van der Waals surface area contributed by atoms with E-state index in [1.165, 1.54) is 7.11 Å². The Morgan fingerprint density at radius 1 is 0.868 bits per heavy atom. The fourth-order valence-electron chi connectivity index (χ4n) is 7.70. The van der Waals surface area contributed by atoms with Crippen LogP contribution in [0.4, 0.5) is 11.4 Å². The van der Waals surface area contributed by atoms with Crippen molar-refractivity contribution in [2.24, 2.45) is 5.92 Å². The van der Waals surface area contributed by atoms with E-state index in [4.69, 9.17) is 9.47 Å². The number of carbonyl (C=O) groups is 3. The van der Waals surface area contributed by atoms with Crippen LogP contribution in [-0.4, -0.2) is 49.3 Å². The molecule has 4 atom stereocenters. The number of para-hydroxylation sites is 2. The first kappa shape index (κ1) is 23.0. The van der Waals surface area contributed by atoms with Gasteiger partial charge in [-0.25, -0.2) is 0 Å². The summed E-state index contributed by atoms with van der Waals surface area (Å²) < 4.78 is 10.9. The zero-order valence-corrected chi connectivity index (χ0v) is 21.1. The molecule has 38 heavy (non-hydrogen) atoms. The molecule has 7 rings (SSSR count). The van der Waals surface area contributed by atoms with E-state index in [1.54, 1.807) is 25.3 Å². The minimum atomic E-state index is -1.46. The fraction of sp³-hybridized carbons (Fsp3) is 0.300. The highest BCUT2D eigenvalue weighted by atomic mass is 16.5. The number of fused-ring (bicyclic) bond motifs is 7. The number of anilines is 2. The molecule has 2 N–H and O–H groups in total. The van der Waals surface area contributed by atoms with Crippen LogP contribution in [0.1, 0.15) is 34.3 Å². The molecule has 8 nitrogen and oxygen atoms in total. The Labute approximate surface area is 219 Å². The number of Topliss-reactive ketones (excluding diaryl/α,β-unsaturated/α-hetero) is 1. The Kier molecular flexibility index (Phi) is 4.79. The molecule has 0 radical (unpaired) electrons. The summed E-state index contributed by atoms with van der Waals surface area (Å²) in [7, 11) is 3.07. The average Bonchev–Trinajstić information content (AvgIpc) is 3.66. The van der Waals surface area contributed by atoms with Crippen molar-refractivity contribution in [3.05, 3.63) is 83.4 Å². The quantitative estimate of drug-likeness (QED) is 0.521. The van der Waals surface area contributed by atoms with Gasteiger partial charge in [-0.15, -0.1) is 0 Å². The van der Waals surface area contributed by atoms with E-state index >= 15 is 0 Å². The molecular weight excluding hydrogens is 482 g/mol. The maximum atomic E-state index is 14.7. The molecule has 8 heteroatoms. The number of rotatable bonds is 4. The normalized spacial score (nSPS) is 28.7. The number of hydrogen-bond acceptors (Lipinski definition) is 6. The summed E-state index contributed by atoms with van der Waals surface area (Å²) in [5, 5.41) is 6.13. The van der Waals surface area contributed by atoms with Crippen LogP contribution in [0.3, 0.4) is 0 Å². The largest absolute Gasteiger partial charge is 0.493 e. The van der Waals surface area contributed by atoms with Gasteiger partial charge in [0, 0.05) is 28.5 Å². The lowest BCUT2D eigenvalue weighted by molar-refractivity contribution is -0.137. The second-order valence-corrected chi connectivity index (χ2v) is 10.3. The molecule has 4 aliphatic rings. The molecule has 2 spiro atoms. The number of nitrogens with one attached hydrogen (secondary N) is 2. The molecule has 0 aliphatic carbocycles. The summed E-state index contributed by atoms with van der Waals surface area (Å²) in [6, 6.07) is 19.8. The molecule has 3 aromatic carbocycles. The second kappa shape index (κ2) is 7.91. The van der Waals surface area contributed by atoms with Crippen LogP contribution in [0.5, 0.6) is 11.5 Å². The highest BCUT2D eigenvalue weighted by Crippen LogP contribution is 2.67. The number of benzene rings is 3. The molecule has 4 aliphatic heterocycles. The van der Waals surface area contributed by atoms with Gasteiger partial charge in [0.25, 0.3) is 5.91 Å². The van der Waals surface area contributed by atoms with Crippen LogP contribution in [-0.2, 0) is 20.5 Å². The van der Waals surface area contributed by atoms with Crippen molar-refractivity contribution in [2.75, 3.05) is 31.4 Å². The first-order chi connectivity index (χ1) is 18.5. The summed E-state index contributed by atoms with van der Waals surface area (Å²) >= 11 is 0. The van der Waals surface area contributed by atoms with Crippen molar-refractivity contribution < 1.29 is 23.9 Å². The number of amides is 2. The SMILES string of the molecule is COc1ccc(C(=O)[C@H]2[C@H]3CCCN3[C@]3(C(=O)Nc4ccccc43)[C@]23C(=O)Nc2ccccc23)cc1OC. The average molecular weight is 510 g/mol. The van der Waals surface area contributed by atoms with Gasteiger partial charge in [-0.2, -0.15) is 0 Å². The molecule has 3 aromatic rings. The molecule has 0 aromatic heterocycles. The van der Waals surface area contributed by atoms with Gasteiger partial charge in [0.15, 0.2) is 17.3 Å². The third-order valence-electron chi connectivity index (χ3n) is 8.95. The summed E-state index contributed by atoms with van der Waals surface area (Å²) in [5.41, 5.74) is 0.337. The summed E-state index contributed by atoms with van der Waals surface area (Å²) in [6.45, 7) is 0.610. The number of carbonyl (C=O) groups excluding carboxylic acids is 3. The Morgan fingerprint density at radius 3 is 2.26 bits per heavy atom. The third kappa shape index (κ3) is 2.51. The number of nitrogens with zero attached hydrogens (tertiary/aromatic N) is 1. The van der Waals surface area contributed by atoms with E-state index in [0.29, 0.717) is 47.0 Å². The zero-order valence-electron chi connectivity index (χ0n) is 21.1. The lowest BCUT2D eigenvalue weighted by atomic mass is 9.57. The van der Waals surface area contributed by atoms with E-state index in [-0.39, 0.29) is 23.6 Å². The number of hydrogen-bond donors (Lipinski definition) is 2. The minimum absolute atomic E-state index is 0.191. The Bertz CT molecular complexity index is 1540. The van der Waals surface area contributed by atoms with Gasteiger partial charge < -0.3 is 20.1 Å². The molecule has 4 heterocycles. The molecule has 2 fully saturated rings. The number of methoxy groups -OCH3 is 2. The highest BCUT2D eigenvalue weighted by Gasteiger charge is 2.81. The van der Waals surface area contributed by atoms with Gasteiger partial charge in [0.05, 0.1) is 20.1 Å². The lowest BCUT2D eigenvalue weighted by Gasteiger charge is -2.43. The molecular formula is C30H27N3O5. The molecule has 0 unspecified atom stereocenters. The van der Waals surface area contributed by atoms with Gasteiger partial charge >= 0.3 is 0 Å². The molecule has 0 saturated carbocycles. The van der Waals surface area contributed by atoms with Crippen molar-refractivity contribution >= 4 is 29.0 Å². The van der Waals surface area contributed by atoms with Crippen LogP contribution >= 0.6 is 0 Å². The van der Waals surface area contributed by atoms with Crippen molar-refractivity contribution in [2.45, 2.75) is 29.8 Å². The van der Waals surface area contributed by atoms with Gasteiger partial charge in [-0.3, -0.25) is 19.3 Å². The van der Waals surface area contributed by atoms with E-state index in [2.05, 4.69) is 15.5 Å². The van der Waals surface area contributed by atoms with E-state index < -0.39 is 16.9 Å². The van der Waals surface area contributed by atoms with Crippen molar-refractivity contribution in [1.29, 1.82) is 0 Å². The first-order valence-electron chi connectivity index (χ1n) is 12.8. The zero-order chi connectivity index (χ0) is 26.2. The smallest absolute Gasteiger partial charge is 0.251 e. The van der Waals surface area contributed by atoms with Crippen LogP contribution < -0.4 is 20.1 Å². The predicted octanol–water partition coefficient (Wildman–Crippen LogP) is 3.72.